The molecule has 0 radical (unpaired) electrons. The van der Waals surface area contributed by atoms with E-state index in [0.717, 1.165) is 31.8 Å². The summed E-state index contributed by atoms with van der Waals surface area (Å²) in [6, 6.07) is 0. The van der Waals surface area contributed by atoms with Crippen molar-refractivity contribution in [2.75, 3.05) is 19.6 Å². The second-order valence-corrected chi connectivity index (χ2v) is 5.28. The molecule has 3 N–H and O–H groups in total. The van der Waals surface area contributed by atoms with Crippen LogP contribution in [0.25, 0.3) is 0 Å². The smallest absolute Gasteiger partial charge is 0.220 e. The van der Waals surface area contributed by atoms with Crippen molar-refractivity contribution < 1.29 is 9.69 Å². The molecule has 16 heavy (non-hydrogen) atoms. The fraction of sp³-hybridized carbons (Fsp3) is 0.769. The molecule has 0 aromatic rings. The average molecular weight is 223 g/mol. The van der Waals surface area contributed by atoms with Crippen molar-refractivity contribution >= 4 is 5.91 Å². The number of allylic oxidation sites excluding steroid dienone is 2. The van der Waals surface area contributed by atoms with E-state index in [0.29, 0.717) is 0 Å². The normalized spacial score (nSPS) is 34.9. The fourth-order valence-corrected chi connectivity index (χ4v) is 2.96. The summed E-state index contributed by atoms with van der Waals surface area (Å²) in [6.07, 6.45) is 10.5. The first-order chi connectivity index (χ1) is 7.75. The minimum absolute atomic E-state index is 0.0975. The Morgan fingerprint density at radius 3 is 2.56 bits per heavy atom. The maximum absolute atomic E-state index is 11.1. The van der Waals surface area contributed by atoms with Gasteiger partial charge in [-0.15, -0.1) is 0 Å². The number of hydrogen-bond acceptors (Lipinski definition) is 1. The molecule has 1 heterocycles. The minimum atomic E-state index is -0.0975. The van der Waals surface area contributed by atoms with Gasteiger partial charge in [0, 0.05) is 24.7 Å². The summed E-state index contributed by atoms with van der Waals surface area (Å²) in [5.74, 6) is 0.916. The van der Waals surface area contributed by atoms with Gasteiger partial charge in [-0.1, -0.05) is 12.2 Å². The van der Waals surface area contributed by atoms with Crippen LogP contribution in [0.5, 0.6) is 0 Å². The summed E-state index contributed by atoms with van der Waals surface area (Å²) >= 11 is 0. The number of carbonyl (C=O) groups excluding carboxylic acids is 1. The highest BCUT2D eigenvalue weighted by Gasteiger charge is 2.27. The van der Waals surface area contributed by atoms with Gasteiger partial charge < -0.3 is 10.6 Å². The number of quaternary nitrogens is 1. The molecule has 2 aliphatic rings. The number of rotatable bonds is 3. The van der Waals surface area contributed by atoms with Crippen LogP contribution in [0.15, 0.2) is 12.2 Å². The summed E-state index contributed by atoms with van der Waals surface area (Å²) in [6.45, 7) is 3.55. The third-order valence-electron chi connectivity index (χ3n) is 4.05. The lowest BCUT2D eigenvalue weighted by atomic mass is 9.91. The molecule has 90 valence electrons. The van der Waals surface area contributed by atoms with Gasteiger partial charge in [-0.2, -0.15) is 0 Å². The van der Waals surface area contributed by atoms with Gasteiger partial charge in [0.25, 0.3) is 0 Å². The highest BCUT2D eigenvalue weighted by atomic mass is 16.1. The summed E-state index contributed by atoms with van der Waals surface area (Å²) in [4.78, 5) is 12.7. The van der Waals surface area contributed by atoms with E-state index < -0.39 is 0 Å². The molecule has 3 heteroatoms. The van der Waals surface area contributed by atoms with Crippen molar-refractivity contribution in [3.63, 3.8) is 0 Å². The minimum Gasteiger partial charge on any atom is -0.369 e. The van der Waals surface area contributed by atoms with Crippen LogP contribution in [0.2, 0.25) is 0 Å². The number of nitrogens with two attached hydrogens (primary N) is 1. The van der Waals surface area contributed by atoms with Crippen molar-refractivity contribution in [2.24, 2.45) is 17.6 Å². The van der Waals surface area contributed by atoms with Crippen LogP contribution >= 0.6 is 0 Å². The molecule has 0 unspecified atom stereocenters. The molecule has 0 bridgehead atoms. The highest BCUT2D eigenvalue weighted by Crippen LogP contribution is 2.16. The molecule has 2 rings (SSSR count). The predicted octanol–water partition coefficient (Wildman–Crippen LogP) is 0.123. The lowest BCUT2D eigenvalue weighted by Gasteiger charge is -2.30. The molecule has 1 fully saturated rings. The van der Waals surface area contributed by atoms with Crippen LogP contribution in [-0.2, 0) is 4.79 Å². The number of amides is 1. The molecular weight excluding hydrogens is 200 g/mol. The van der Waals surface area contributed by atoms with Gasteiger partial charge in [-0.3, -0.25) is 4.79 Å². The number of nitrogens with one attached hydrogen (secondary N) is 1. The van der Waals surface area contributed by atoms with Crippen LogP contribution in [0.1, 0.15) is 32.1 Å². The number of carbonyl (C=O) groups is 1. The third kappa shape index (κ3) is 3.08. The van der Waals surface area contributed by atoms with Gasteiger partial charge >= 0.3 is 0 Å². The van der Waals surface area contributed by atoms with E-state index in [2.05, 4.69) is 12.2 Å². The van der Waals surface area contributed by atoms with Gasteiger partial charge in [-0.25, -0.2) is 0 Å². The van der Waals surface area contributed by atoms with Crippen LogP contribution in [0.4, 0.5) is 0 Å². The largest absolute Gasteiger partial charge is 0.369 e. The molecule has 1 saturated heterocycles. The number of hydrogen-bond donors (Lipinski definition) is 2. The summed E-state index contributed by atoms with van der Waals surface area (Å²) in [5, 5.41) is 0. The molecular formula is C13H23N2O+. The highest BCUT2D eigenvalue weighted by molar-refractivity contribution is 5.76. The van der Waals surface area contributed by atoms with Crippen molar-refractivity contribution in [1.82, 2.24) is 0 Å². The molecule has 3 nitrogen and oxygen atoms in total. The van der Waals surface area contributed by atoms with Crippen LogP contribution in [0.3, 0.4) is 0 Å². The van der Waals surface area contributed by atoms with Gasteiger partial charge in [-0.05, 0) is 19.3 Å². The van der Waals surface area contributed by atoms with Gasteiger partial charge in [0.2, 0.25) is 5.91 Å². The van der Waals surface area contributed by atoms with Crippen molar-refractivity contribution in [1.29, 1.82) is 0 Å². The molecule has 1 amide bonds. The van der Waals surface area contributed by atoms with E-state index in [4.69, 9.17) is 5.73 Å². The zero-order valence-corrected chi connectivity index (χ0v) is 9.95. The maximum atomic E-state index is 11.1. The lowest BCUT2D eigenvalue weighted by Crippen LogP contribution is -3.13. The molecule has 0 aromatic heterocycles. The van der Waals surface area contributed by atoms with E-state index in [1.54, 1.807) is 4.90 Å². The van der Waals surface area contributed by atoms with Crippen molar-refractivity contribution in [3.8, 4) is 0 Å². The van der Waals surface area contributed by atoms with Gasteiger partial charge in [0.1, 0.15) is 0 Å². The van der Waals surface area contributed by atoms with E-state index in [1.165, 1.54) is 25.8 Å². The van der Waals surface area contributed by atoms with Gasteiger partial charge in [0.15, 0.2) is 0 Å². The number of primary amides is 1. The number of piperidine rings is 1. The molecule has 0 saturated carbocycles. The Balaban J connectivity index is 1.72. The average Bonchev–Trinajstić information content (AvgIpc) is 2.31. The van der Waals surface area contributed by atoms with Crippen molar-refractivity contribution in [3.05, 3.63) is 12.2 Å². The van der Waals surface area contributed by atoms with Gasteiger partial charge in [0.05, 0.1) is 19.6 Å². The fourth-order valence-electron chi connectivity index (χ4n) is 2.96. The van der Waals surface area contributed by atoms with E-state index in [-0.39, 0.29) is 11.8 Å². The molecule has 1 aliphatic heterocycles. The van der Waals surface area contributed by atoms with Crippen LogP contribution in [0, 0.1) is 11.8 Å². The topological polar surface area (TPSA) is 47.5 Å². The standard InChI is InChI=1S/C13H22N2O/c14-13(16)12-6-8-15(9-7-12)10-11-4-2-1-3-5-11/h1-2,11-12H,3-10H2,(H2,14,16)/p+1/t11-/m1/s1. The summed E-state index contributed by atoms with van der Waals surface area (Å²) in [5.41, 5.74) is 5.34. The first kappa shape index (κ1) is 11.6. The Bertz CT molecular complexity index is 267. The predicted molar refractivity (Wildman–Crippen MR) is 64.0 cm³/mol. The monoisotopic (exact) mass is 223 g/mol. The Kier molecular flexibility index (Phi) is 3.99. The molecule has 1 atom stereocenters. The third-order valence-corrected chi connectivity index (χ3v) is 4.05. The van der Waals surface area contributed by atoms with Crippen LogP contribution < -0.4 is 10.6 Å². The van der Waals surface area contributed by atoms with E-state index in [9.17, 15) is 4.79 Å². The quantitative estimate of drug-likeness (QED) is 0.656. The first-order valence-corrected chi connectivity index (χ1v) is 6.53. The molecule has 1 aliphatic carbocycles. The van der Waals surface area contributed by atoms with E-state index >= 15 is 0 Å². The zero-order chi connectivity index (χ0) is 11.4. The summed E-state index contributed by atoms with van der Waals surface area (Å²) in [7, 11) is 0. The van der Waals surface area contributed by atoms with E-state index in [1.807, 2.05) is 0 Å². The molecule has 0 spiro atoms. The second-order valence-electron chi connectivity index (χ2n) is 5.28. The maximum Gasteiger partial charge on any atom is 0.220 e. The zero-order valence-electron chi connectivity index (χ0n) is 9.95. The summed E-state index contributed by atoms with van der Waals surface area (Å²) < 4.78 is 0. The first-order valence-electron chi connectivity index (χ1n) is 6.53. The lowest BCUT2D eigenvalue weighted by molar-refractivity contribution is -0.909. The van der Waals surface area contributed by atoms with Crippen LogP contribution in [-0.4, -0.2) is 25.5 Å². The van der Waals surface area contributed by atoms with Crippen molar-refractivity contribution in [2.45, 2.75) is 32.1 Å². The Morgan fingerprint density at radius 1 is 1.25 bits per heavy atom. The Hall–Kier alpha value is -0.830. The molecule has 0 aromatic carbocycles. The second kappa shape index (κ2) is 5.48. The Labute approximate surface area is 97.7 Å². The number of likely N-dealkylation sites (tertiary alicyclic amines) is 1. The Morgan fingerprint density at radius 2 is 2.00 bits per heavy atom. The SMILES string of the molecule is NC(=O)C1CC[NH+](C[C@@H]2CC=CCC2)CC1.